The Labute approximate surface area is 111 Å². The maximum absolute atomic E-state index is 12.0. The normalized spacial score (nSPS) is 11.5. The summed E-state index contributed by atoms with van der Waals surface area (Å²) < 4.78 is 10.4. The van der Waals surface area contributed by atoms with Crippen LogP contribution in [0.3, 0.4) is 0 Å². The Bertz CT molecular complexity index is 667. The number of esters is 1. The van der Waals surface area contributed by atoms with E-state index in [-0.39, 0.29) is 5.97 Å². The smallest absolute Gasteiger partial charge is 0.336 e. The van der Waals surface area contributed by atoms with Crippen LogP contribution >= 0.6 is 0 Å². The molecule has 1 aromatic heterocycles. The van der Waals surface area contributed by atoms with E-state index in [4.69, 9.17) is 9.15 Å². The number of fused-ring (bicyclic) bond motifs is 1. The average molecular weight is 260 g/mol. The summed E-state index contributed by atoms with van der Waals surface area (Å²) in [6, 6.07) is 7.91. The molecule has 2 aromatic rings. The molecule has 0 fully saturated rings. The molecule has 0 bridgehead atoms. The minimum Gasteiger partial charge on any atom is -0.426 e. The Kier molecular flexibility index (Phi) is 3.42. The fraction of sp³-hybridized carbons (Fsp3) is 0.333. The van der Waals surface area contributed by atoms with Crippen molar-refractivity contribution in [1.29, 1.82) is 0 Å². The van der Waals surface area contributed by atoms with E-state index in [9.17, 15) is 9.59 Å². The second-order valence-corrected chi connectivity index (χ2v) is 5.08. The van der Waals surface area contributed by atoms with Crippen LogP contribution in [0.2, 0.25) is 0 Å². The zero-order valence-corrected chi connectivity index (χ0v) is 11.2. The SMILES string of the molecule is CCC(C)(C)C(=O)Oc1ccc2oc(=O)ccc2c1. The number of carbonyl (C=O) groups is 1. The largest absolute Gasteiger partial charge is 0.426 e. The van der Waals surface area contributed by atoms with E-state index in [0.717, 1.165) is 5.39 Å². The third-order valence-electron chi connectivity index (χ3n) is 3.24. The number of rotatable bonds is 3. The summed E-state index contributed by atoms with van der Waals surface area (Å²) in [4.78, 5) is 23.0. The highest BCUT2D eigenvalue weighted by atomic mass is 16.5. The van der Waals surface area contributed by atoms with Gasteiger partial charge in [0.05, 0.1) is 5.41 Å². The lowest BCUT2D eigenvalue weighted by Gasteiger charge is -2.20. The van der Waals surface area contributed by atoms with Gasteiger partial charge in [0, 0.05) is 11.5 Å². The Morgan fingerprint density at radius 1 is 1.26 bits per heavy atom. The van der Waals surface area contributed by atoms with E-state index in [1.807, 2.05) is 20.8 Å². The summed E-state index contributed by atoms with van der Waals surface area (Å²) >= 11 is 0. The van der Waals surface area contributed by atoms with Crippen LogP contribution in [0, 0.1) is 5.41 Å². The van der Waals surface area contributed by atoms with E-state index < -0.39 is 11.0 Å². The summed E-state index contributed by atoms with van der Waals surface area (Å²) in [5.74, 6) is 0.180. The molecule has 0 radical (unpaired) electrons. The first-order chi connectivity index (χ1) is 8.92. The molecule has 4 heteroatoms. The van der Waals surface area contributed by atoms with Crippen molar-refractivity contribution in [2.75, 3.05) is 0 Å². The molecule has 0 aliphatic rings. The van der Waals surface area contributed by atoms with Gasteiger partial charge in [-0.05, 0) is 44.5 Å². The van der Waals surface area contributed by atoms with Gasteiger partial charge in [-0.3, -0.25) is 4.79 Å². The number of carbonyl (C=O) groups excluding carboxylic acids is 1. The van der Waals surface area contributed by atoms with E-state index in [0.29, 0.717) is 17.8 Å². The van der Waals surface area contributed by atoms with Gasteiger partial charge in [-0.2, -0.15) is 0 Å². The van der Waals surface area contributed by atoms with Crippen molar-refractivity contribution in [2.24, 2.45) is 5.41 Å². The van der Waals surface area contributed by atoms with Crippen molar-refractivity contribution in [3.05, 3.63) is 40.8 Å². The molecular weight excluding hydrogens is 244 g/mol. The monoisotopic (exact) mass is 260 g/mol. The average Bonchev–Trinajstić information content (AvgIpc) is 2.38. The van der Waals surface area contributed by atoms with Gasteiger partial charge in [-0.15, -0.1) is 0 Å². The molecule has 0 amide bonds. The second kappa shape index (κ2) is 4.88. The molecule has 0 spiro atoms. The number of ether oxygens (including phenoxy) is 1. The predicted molar refractivity (Wildman–Crippen MR) is 72.2 cm³/mol. The van der Waals surface area contributed by atoms with Crippen LogP contribution in [0.5, 0.6) is 5.75 Å². The third kappa shape index (κ3) is 2.84. The van der Waals surface area contributed by atoms with E-state index in [2.05, 4.69) is 0 Å². The van der Waals surface area contributed by atoms with Gasteiger partial charge in [-0.25, -0.2) is 4.79 Å². The molecule has 0 unspecified atom stereocenters. The minimum atomic E-state index is -0.516. The molecule has 1 aromatic carbocycles. The highest BCUT2D eigenvalue weighted by molar-refractivity contribution is 5.81. The maximum Gasteiger partial charge on any atom is 0.336 e. The van der Waals surface area contributed by atoms with Crippen LogP contribution in [0.15, 0.2) is 39.5 Å². The molecule has 2 rings (SSSR count). The van der Waals surface area contributed by atoms with Crippen LogP contribution in [0.1, 0.15) is 27.2 Å². The molecule has 0 aliphatic heterocycles. The van der Waals surface area contributed by atoms with E-state index >= 15 is 0 Å². The minimum absolute atomic E-state index is 0.272. The molecule has 19 heavy (non-hydrogen) atoms. The Morgan fingerprint density at radius 3 is 2.68 bits per heavy atom. The number of hydrogen-bond acceptors (Lipinski definition) is 4. The number of benzene rings is 1. The maximum atomic E-state index is 12.0. The zero-order chi connectivity index (χ0) is 14.0. The summed E-state index contributed by atoms with van der Waals surface area (Å²) in [7, 11) is 0. The van der Waals surface area contributed by atoms with E-state index in [1.165, 1.54) is 6.07 Å². The van der Waals surface area contributed by atoms with Gasteiger partial charge < -0.3 is 9.15 Å². The molecule has 0 N–H and O–H groups in total. The quantitative estimate of drug-likeness (QED) is 0.483. The van der Waals surface area contributed by atoms with Crippen LogP contribution in [0.4, 0.5) is 0 Å². The van der Waals surface area contributed by atoms with Crippen molar-refractivity contribution in [3.63, 3.8) is 0 Å². The fourth-order valence-electron chi connectivity index (χ4n) is 1.50. The summed E-state index contributed by atoms with van der Waals surface area (Å²) in [5.41, 5.74) is -0.440. The Hall–Kier alpha value is -2.10. The summed E-state index contributed by atoms with van der Waals surface area (Å²) in [5, 5.41) is 0.721. The highest BCUT2D eigenvalue weighted by Crippen LogP contribution is 2.25. The summed E-state index contributed by atoms with van der Waals surface area (Å²) in [6.07, 6.45) is 0.703. The second-order valence-electron chi connectivity index (χ2n) is 5.08. The molecule has 100 valence electrons. The Morgan fingerprint density at radius 2 is 2.00 bits per heavy atom. The lowest BCUT2D eigenvalue weighted by Crippen LogP contribution is -2.28. The standard InChI is InChI=1S/C15H16O4/c1-4-15(2,3)14(17)18-11-6-7-12-10(9-11)5-8-13(16)19-12/h5-9H,4H2,1-3H3. The van der Waals surface area contributed by atoms with Crippen molar-refractivity contribution < 1.29 is 13.9 Å². The van der Waals surface area contributed by atoms with Crippen molar-refractivity contribution in [1.82, 2.24) is 0 Å². The van der Waals surface area contributed by atoms with Crippen LogP contribution < -0.4 is 10.4 Å². The molecular formula is C15H16O4. The van der Waals surface area contributed by atoms with Crippen molar-refractivity contribution in [3.8, 4) is 5.75 Å². The highest BCUT2D eigenvalue weighted by Gasteiger charge is 2.27. The van der Waals surface area contributed by atoms with Gasteiger partial charge in [0.1, 0.15) is 11.3 Å². The fourth-order valence-corrected chi connectivity index (χ4v) is 1.50. The Balaban J connectivity index is 2.30. The third-order valence-corrected chi connectivity index (χ3v) is 3.24. The first-order valence-corrected chi connectivity index (χ1v) is 6.18. The predicted octanol–water partition coefficient (Wildman–Crippen LogP) is 3.13. The molecule has 1 heterocycles. The van der Waals surface area contributed by atoms with Crippen molar-refractivity contribution in [2.45, 2.75) is 27.2 Å². The molecule has 4 nitrogen and oxygen atoms in total. The van der Waals surface area contributed by atoms with Crippen LogP contribution in [-0.2, 0) is 4.79 Å². The van der Waals surface area contributed by atoms with E-state index in [1.54, 1.807) is 24.3 Å². The van der Waals surface area contributed by atoms with Gasteiger partial charge in [0.15, 0.2) is 0 Å². The number of hydrogen-bond donors (Lipinski definition) is 0. The lowest BCUT2D eigenvalue weighted by atomic mass is 9.91. The van der Waals surface area contributed by atoms with Gasteiger partial charge in [-0.1, -0.05) is 6.92 Å². The van der Waals surface area contributed by atoms with Gasteiger partial charge >= 0.3 is 11.6 Å². The zero-order valence-electron chi connectivity index (χ0n) is 11.2. The molecule has 0 aliphatic carbocycles. The topological polar surface area (TPSA) is 56.5 Å². The first-order valence-electron chi connectivity index (χ1n) is 6.18. The van der Waals surface area contributed by atoms with Crippen LogP contribution in [-0.4, -0.2) is 5.97 Å². The van der Waals surface area contributed by atoms with Crippen molar-refractivity contribution >= 4 is 16.9 Å². The lowest BCUT2D eigenvalue weighted by molar-refractivity contribution is -0.144. The van der Waals surface area contributed by atoms with Gasteiger partial charge in [0.25, 0.3) is 0 Å². The summed E-state index contributed by atoms with van der Waals surface area (Å²) in [6.45, 7) is 5.63. The molecule has 0 saturated heterocycles. The van der Waals surface area contributed by atoms with Crippen LogP contribution in [0.25, 0.3) is 11.0 Å². The molecule has 0 saturated carbocycles. The first kappa shape index (κ1) is 13.3. The molecule has 0 atom stereocenters. The van der Waals surface area contributed by atoms with Gasteiger partial charge in [0.2, 0.25) is 0 Å².